The Morgan fingerprint density at radius 3 is 2.56 bits per heavy atom. The smallest absolute Gasteiger partial charge is 0.322 e. The van der Waals surface area contributed by atoms with Crippen LogP contribution in [-0.2, 0) is 4.79 Å². The van der Waals surface area contributed by atoms with Crippen LogP contribution in [0.2, 0.25) is 10.0 Å². The van der Waals surface area contributed by atoms with Gasteiger partial charge in [0.1, 0.15) is 11.8 Å². The maximum absolute atomic E-state index is 12.7. The van der Waals surface area contributed by atoms with E-state index in [2.05, 4.69) is 10.6 Å². The van der Waals surface area contributed by atoms with Crippen LogP contribution in [0.25, 0.3) is 0 Å². The van der Waals surface area contributed by atoms with Crippen LogP contribution in [0.1, 0.15) is 12.8 Å². The maximum Gasteiger partial charge on any atom is 0.322 e. The molecule has 3 rings (SSSR count). The van der Waals surface area contributed by atoms with Crippen LogP contribution < -0.4 is 15.4 Å². The van der Waals surface area contributed by atoms with Gasteiger partial charge >= 0.3 is 6.03 Å². The number of urea groups is 1. The molecule has 0 unspecified atom stereocenters. The van der Waals surface area contributed by atoms with Crippen LogP contribution in [0.3, 0.4) is 0 Å². The van der Waals surface area contributed by atoms with Gasteiger partial charge in [-0.05, 0) is 55.3 Å². The average Bonchev–Trinajstić information content (AvgIpc) is 3.15. The van der Waals surface area contributed by atoms with Gasteiger partial charge in [0.15, 0.2) is 0 Å². The van der Waals surface area contributed by atoms with Gasteiger partial charge in [-0.15, -0.1) is 0 Å². The van der Waals surface area contributed by atoms with E-state index >= 15 is 0 Å². The number of benzene rings is 2. The number of rotatable bonds is 4. The summed E-state index contributed by atoms with van der Waals surface area (Å²) in [7, 11) is 1.58. The number of nitrogens with one attached hydrogen (secondary N) is 2. The third-order valence-corrected chi connectivity index (χ3v) is 4.91. The minimum absolute atomic E-state index is 0.290. The minimum Gasteiger partial charge on any atom is -0.497 e. The first-order valence-electron chi connectivity index (χ1n) is 8.45. The van der Waals surface area contributed by atoms with Crippen LogP contribution in [0, 0.1) is 0 Å². The van der Waals surface area contributed by atoms with Crippen LogP contribution in [0.15, 0.2) is 42.5 Å². The molecule has 27 heavy (non-hydrogen) atoms. The van der Waals surface area contributed by atoms with Gasteiger partial charge in [-0.25, -0.2) is 4.79 Å². The summed E-state index contributed by atoms with van der Waals surface area (Å²) in [5, 5.41) is 6.43. The predicted octanol–water partition coefficient (Wildman–Crippen LogP) is 4.64. The largest absolute Gasteiger partial charge is 0.497 e. The van der Waals surface area contributed by atoms with Crippen molar-refractivity contribution in [3.8, 4) is 5.75 Å². The van der Waals surface area contributed by atoms with Crippen molar-refractivity contribution in [3.63, 3.8) is 0 Å². The molecule has 0 radical (unpaired) electrons. The first kappa shape index (κ1) is 19.3. The van der Waals surface area contributed by atoms with Crippen molar-refractivity contribution in [2.45, 2.75) is 18.9 Å². The number of ether oxygens (including phenoxy) is 1. The van der Waals surface area contributed by atoms with E-state index in [9.17, 15) is 9.59 Å². The molecule has 0 aliphatic carbocycles. The molecule has 2 N–H and O–H groups in total. The number of methoxy groups -OCH3 is 1. The van der Waals surface area contributed by atoms with E-state index in [1.54, 1.807) is 49.6 Å². The lowest BCUT2D eigenvalue weighted by molar-refractivity contribution is -0.119. The second kappa shape index (κ2) is 8.50. The molecule has 2 aromatic carbocycles. The Labute approximate surface area is 167 Å². The number of halogens is 2. The normalized spacial score (nSPS) is 16.1. The number of anilines is 2. The summed E-state index contributed by atoms with van der Waals surface area (Å²) in [4.78, 5) is 26.8. The molecular weight excluding hydrogens is 389 g/mol. The number of nitrogens with zero attached hydrogens (tertiary/aromatic N) is 1. The Morgan fingerprint density at radius 2 is 1.85 bits per heavy atom. The van der Waals surface area contributed by atoms with Crippen molar-refractivity contribution >= 4 is 46.5 Å². The third-order valence-electron chi connectivity index (χ3n) is 4.34. The molecule has 6 nitrogen and oxygen atoms in total. The van der Waals surface area contributed by atoms with Gasteiger partial charge in [-0.1, -0.05) is 23.2 Å². The summed E-state index contributed by atoms with van der Waals surface area (Å²) in [5.74, 6) is 0.409. The van der Waals surface area contributed by atoms with Gasteiger partial charge in [0.05, 0.1) is 17.8 Å². The fourth-order valence-electron chi connectivity index (χ4n) is 2.96. The highest BCUT2D eigenvalue weighted by molar-refractivity contribution is 6.35. The standard InChI is InChI=1S/C19H19Cl2N3O3/c1-27-14-7-5-13(6-8-14)22-19(26)24-10-2-3-17(24)18(25)23-16-11-12(20)4-9-15(16)21/h4-9,11,17H,2-3,10H2,1H3,(H,22,26)(H,23,25)/t17-/m0/s1. The Balaban J connectivity index is 1.67. The molecule has 1 fully saturated rings. The first-order valence-corrected chi connectivity index (χ1v) is 9.21. The minimum atomic E-state index is -0.571. The summed E-state index contributed by atoms with van der Waals surface area (Å²) in [6.45, 7) is 0.503. The van der Waals surface area contributed by atoms with E-state index in [1.165, 1.54) is 4.90 Å². The molecule has 1 aliphatic rings. The van der Waals surface area contributed by atoms with Crippen molar-refractivity contribution in [2.24, 2.45) is 0 Å². The lowest BCUT2D eigenvalue weighted by Crippen LogP contribution is -2.45. The Morgan fingerprint density at radius 1 is 1.11 bits per heavy atom. The quantitative estimate of drug-likeness (QED) is 0.775. The van der Waals surface area contributed by atoms with Gasteiger partial charge < -0.3 is 20.3 Å². The lowest BCUT2D eigenvalue weighted by Gasteiger charge is -2.24. The zero-order chi connectivity index (χ0) is 19.4. The maximum atomic E-state index is 12.7. The molecule has 2 aromatic rings. The molecule has 1 aliphatic heterocycles. The fraction of sp³-hybridized carbons (Fsp3) is 0.263. The number of carbonyl (C=O) groups excluding carboxylic acids is 2. The molecule has 0 aromatic heterocycles. The molecule has 1 atom stereocenters. The molecule has 1 heterocycles. The summed E-state index contributed by atoms with van der Waals surface area (Å²) < 4.78 is 5.10. The van der Waals surface area contributed by atoms with Gasteiger partial charge in [0, 0.05) is 17.3 Å². The summed E-state index contributed by atoms with van der Waals surface area (Å²) >= 11 is 12.1. The monoisotopic (exact) mass is 407 g/mol. The van der Waals surface area contributed by atoms with E-state index in [-0.39, 0.29) is 11.9 Å². The van der Waals surface area contributed by atoms with Crippen molar-refractivity contribution in [2.75, 3.05) is 24.3 Å². The highest BCUT2D eigenvalue weighted by Crippen LogP contribution is 2.27. The highest BCUT2D eigenvalue weighted by Gasteiger charge is 2.34. The molecular formula is C19H19Cl2N3O3. The number of likely N-dealkylation sites (tertiary alicyclic amines) is 1. The Hall–Kier alpha value is -2.44. The number of hydrogen-bond acceptors (Lipinski definition) is 3. The van der Waals surface area contributed by atoms with Crippen molar-refractivity contribution in [1.82, 2.24) is 4.90 Å². The van der Waals surface area contributed by atoms with Gasteiger partial charge in [-0.3, -0.25) is 4.79 Å². The predicted molar refractivity (Wildman–Crippen MR) is 107 cm³/mol. The van der Waals surface area contributed by atoms with Crippen LogP contribution in [0.5, 0.6) is 5.75 Å². The van der Waals surface area contributed by atoms with E-state index < -0.39 is 6.04 Å². The Kier molecular flexibility index (Phi) is 6.08. The molecule has 0 saturated carbocycles. The SMILES string of the molecule is COc1ccc(NC(=O)N2CCC[C@H]2C(=O)Nc2cc(Cl)ccc2Cl)cc1. The average molecular weight is 408 g/mol. The van der Waals surface area contributed by atoms with Gasteiger partial charge in [-0.2, -0.15) is 0 Å². The molecule has 0 bridgehead atoms. The van der Waals surface area contributed by atoms with Crippen LogP contribution >= 0.6 is 23.2 Å². The fourth-order valence-corrected chi connectivity index (χ4v) is 3.30. The molecule has 1 saturated heterocycles. The summed E-state index contributed by atoms with van der Waals surface area (Å²) in [5.41, 5.74) is 1.06. The number of amides is 3. The molecule has 142 valence electrons. The van der Waals surface area contributed by atoms with Crippen LogP contribution in [-0.4, -0.2) is 36.5 Å². The first-order chi connectivity index (χ1) is 13.0. The van der Waals surface area contributed by atoms with Crippen molar-refractivity contribution in [1.29, 1.82) is 0 Å². The highest BCUT2D eigenvalue weighted by atomic mass is 35.5. The Bertz CT molecular complexity index is 843. The van der Waals surface area contributed by atoms with Gasteiger partial charge in [0.2, 0.25) is 5.91 Å². The summed E-state index contributed by atoms with van der Waals surface area (Å²) in [6.07, 6.45) is 1.33. The summed E-state index contributed by atoms with van der Waals surface area (Å²) in [6, 6.07) is 10.9. The third kappa shape index (κ3) is 4.64. The molecule has 3 amide bonds. The van der Waals surface area contributed by atoms with E-state index in [4.69, 9.17) is 27.9 Å². The molecule has 8 heteroatoms. The van der Waals surface area contributed by atoms with E-state index in [1.807, 2.05) is 0 Å². The molecule has 0 spiro atoms. The topological polar surface area (TPSA) is 70.7 Å². The van der Waals surface area contributed by atoms with E-state index in [0.717, 1.165) is 6.42 Å². The van der Waals surface area contributed by atoms with Gasteiger partial charge in [0.25, 0.3) is 0 Å². The van der Waals surface area contributed by atoms with Crippen LogP contribution in [0.4, 0.5) is 16.2 Å². The van der Waals surface area contributed by atoms with Crippen molar-refractivity contribution < 1.29 is 14.3 Å². The zero-order valence-corrected chi connectivity index (χ0v) is 16.2. The van der Waals surface area contributed by atoms with E-state index in [0.29, 0.717) is 40.1 Å². The second-order valence-electron chi connectivity index (χ2n) is 6.12. The second-order valence-corrected chi connectivity index (χ2v) is 6.97. The lowest BCUT2D eigenvalue weighted by atomic mass is 10.2. The number of carbonyl (C=O) groups is 2. The van der Waals surface area contributed by atoms with Crippen molar-refractivity contribution in [3.05, 3.63) is 52.5 Å². The zero-order valence-electron chi connectivity index (χ0n) is 14.7. The number of hydrogen-bond donors (Lipinski definition) is 2.